The molecule has 1 aliphatic rings. The lowest BCUT2D eigenvalue weighted by atomic mass is 9.84. The van der Waals surface area contributed by atoms with Crippen molar-refractivity contribution in [2.45, 2.75) is 32.1 Å². The van der Waals surface area contributed by atoms with Gasteiger partial charge in [0.1, 0.15) is 0 Å². The van der Waals surface area contributed by atoms with Crippen LogP contribution in [0, 0.1) is 5.92 Å². The molecular weight excluding hydrogens is 276 g/mol. The SMILES string of the molecule is CC(CS(=O)(=O)CC1CCCc2ccccc21)C(=O)O. The van der Waals surface area contributed by atoms with Gasteiger partial charge in [0.05, 0.1) is 17.4 Å². The van der Waals surface area contributed by atoms with E-state index in [1.165, 1.54) is 12.5 Å². The summed E-state index contributed by atoms with van der Waals surface area (Å²) in [5.74, 6) is -2.12. The highest BCUT2D eigenvalue weighted by atomic mass is 32.2. The van der Waals surface area contributed by atoms with E-state index < -0.39 is 21.7 Å². The molecule has 0 amide bonds. The number of carbonyl (C=O) groups is 1. The van der Waals surface area contributed by atoms with Crippen LogP contribution in [0.25, 0.3) is 0 Å². The molecule has 5 heteroatoms. The molecule has 1 N–H and O–H groups in total. The van der Waals surface area contributed by atoms with Crippen molar-refractivity contribution in [2.75, 3.05) is 11.5 Å². The van der Waals surface area contributed by atoms with Crippen molar-refractivity contribution < 1.29 is 18.3 Å². The van der Waals surface area contributed by atoms with E-state index in [-0.39, 0.29) is 17.4 Å². The van der Waals surface area contributed by atoms with E-state index in [1.807, 2.05) is 24.3 Å². The minimum absolute atomic E-state index is 0.00550. The smallest absolute Gasteiger partial charge is 0.307 e. The molecule has 0 saturated heterocycles. The van der Waals surface area contributed by atoms with E-state index in [2.05, 4.69) is 0 Å². The molecule has 0 fully saturated rings. The first-order valence-electron chi connectivity index (χ1n) is 6.90. The van der Waals surface area contributed by atoms with E-state index in [0.29, 0.717) is 0 Å². The third kappa shape index (κ3) is 3.60. The largest absolute Gasteiger partial charge is 0.481 e. The summed E-state index contributed by atoms with van der Waals surface area (Å²) in [6.07, 6.45) is 2.85. The van der Waals surface area contributed by atoms with Gasteiger partial charge in [0.25, 0.3) is 0 Å². The first-order valence-corrected chi connectivity index (χ1v) is 8.72. The van der Waals surface area contributed by atoms with Crippen molar-refractivity contribution in [3.05, 3.63) is 35.4 Å². The fraction of sp³-hybridized carbons (Fsp3) is 0.533. The maximum Gasteiger partial charge on any atom is 0.307 e. The van der Waals surface area contributed by atoms with Crippen LogP contribution in [-0.4, -0.2) is 31.0 Å². The molecule has 0 bridgehead atoms. The van der Waals surface area contributed by atoms with Gasteiger partial charge in [-0.3, -0.25) is 4.79 Å². The van der Waals surface area contributed by atoms with Crippen LogP contribution in [0.3, 0.4) is 0 Å². The zero-order valence-corrected chi connectivity index (χ0v) is 12.4. The van der Waals surface area contributed by atoms with Crippen molar-refractivity contribution in [3.8, 4) is 0 Å². The molecule has 110 valence electrons. The Morgan fingerprint density at radius 1 is 1.40 bits per heavy atom. The van der Waals surface area contributed by atoms with Crippen LogP contribution in [0.2, 0.25) is 0 Å². The number of hydrogen-bond acceptors (Lipinski definition) is 3. The first-order chi connectivity index (χ1) is 9.39. The van der Waals surface area contributed by atoms with Gasteiger partial charge in [-0.15, -0.1) is 0 Å². The standard InChI is InChI=1S/C15H20O4S/c1-11(15(16)17)9-20(18,19)10-13-7-4-6-12-5-2-3-8-14(12)13/h2-3,5,8,11,13H,4,6-7,9-10H2,1H3,(H,16,17). The van der Waals surface area contributed by atoms with Crippen LogP contribution in [0.1, 0.15) is 36.8 Å². The van der Waals surface area contributed by atoms with E-state index in [1.54, 1.807) is 0 Å². The number of benzene rings is 1. The zero-order valence-electron chi connectivity index (χ0n) is 11.6. The lowest BCUT2D eigenvalue weighted by Crippen LogP contribution is -2.26. The summed E-state index contributed by atoms with van der Waals surface area (Å²) >= 11 is 0. The van der Waals surface area contributed by atoms with Crippen molar-refractivity contribution >= 4 is 15.8 Å². The van der Waals surface area contributed by atoms with Gasteiger partial charge >= 0.3 is 5.97 Å². The van der Waals surface area contributed by atoms with Crippen LogP contribution in [0.5, 0.6) is 0 Å². The molecule has 2 atom stereocenters. The second-order valence-corrected chi connectivity index (χ2v) is 7.76. The maximum absolute atomic E-state index is 12.2. The molecule has 1 aromatic carbocycles. The Labute approximate surface area is 119 Å². The number of rotatable bonds is 5. The minimum atomic E-state index is -3.35. The van der Waals surface area contributed by atoms with Gasteiger partial charge in [-0.25, -0.2) is 8.42 Å². The van der Waals surface area contributed by atoms with Crippen LogP contribution in [-0.2, 0) is 21.1 Å². The highest BCUT2D eigenvalue weighted by Gasteiger charge is 2.28. The summed E-state index contributed by atoms with van der Waals surface area (Å²) in [7, 11) is -3.35. The van der Waals surface area contributed by atoms with Gasteiger partial charge in [0.15, 0.2) is 9.84 Å². The summed E-state index contributed by atoms with van der Waals surface area (Å²) < 4.78 is 24.3. The monoisotopic (exact) mass is 296 g/mol. The normalized spacial score (nSPS) is 20.1. The number of carboxylic acid groups (broad SMARTS) is 1. The predicted molar refractivity (Wildman–Crippen MR) is 77.6 cm³/mol. The summed E-state index contributed by atoms with van der Waals surface area (Å²) in [5.41, 5.74) is 2.34. The fourth-order valence-electron chi connectivity index (χ4n) is 2.85. The maximum atomic E-state index is 12.2. The Balaban J connectivity index is 2.13. The molecule has 0 heterocycles. The molecule has 2 rings (SSSR count). The molecule has 1 aliphatic carbocycles. The van der Waals surface area contributed by atoms with Crippen molar-refractivity contribution in [1.82, 2.24) is 0 Å². The average Bonchev–Trinajstić information content (AvgIpc) is 2.38. The van der Waals surface area contributed by atoms with Crippen molar-refractivity contribution in [1.29, 1.82) is 0 Å². The summed E-state index contributed by atoms with van der Waals surface area (Å²) in [4.78, 5) is 10.8. The lowest BCUT2D eigenvalue weighted by molar-refractivity contribution is -0.140. The van der Waals surface area contributed by atoms with E-state index in [0.717, 1.165) is 24.8 Å². The molecule has 0 aliphatic heterocycles. The van der Waals surface area contributed by atoms with Crippen LogP contribution in [0.4, 0.5) is 0 Å². The molecule has 2 unspecified atom stereocenters. The van der Waals surface area contributed by atoms with Gasteiger partial charge < -0.3 is 5.11 Å². The Morgan fingerprint density at radius 3 is 2.80 bits per heavy atom. The summed E-state index contributed by atoms with van der Waals surface area (Å²) in [6, 6.07) is 7.95. The Hall–Kier alpha value is -1.36. The molecule has 1 aromatic rings. The van der Waals surface area contributed by atoms with Crippen molar-refractivity contribution in [3.63, 3.8) is 0 Å². The molecule has 0 spiro atoms. The second kappa shape index (κ2) is 5.95. The Morgan fingerprint density at radius 2 is 2.10 bits per heavy atom. The van der Waals surface area contributed by atoms with Crippen LogP contribution in [0.15, 0.2) is 24.3 Å². The third-order valence-electron chi connectivity index (χ3n) is 3.87. The quantitative estimate of drug-likeness (QED) is 0.904. The number of carboxylic acids is 1. The van der Waals surface area contributed by atoms with Gasteiger partial charge in [-0.05, 0) is 36.3 Å². The zero-order chi connectivity index (χ0) is 14.8. The minimum Gasteiger partial charge on any atom is -0.481 e. The van der Waals surface area contributed by atoms with Gasteiger partial charge in [-0.1, -0.05) is 31.2 Å². The van der Waals surface area contributed by atoms with Gasteiger partial charge in [0, 0.05) is 0 Å². The molecule has 0 aromatic heterocycles. The third-order valence-corrected chi connectivity index (χ3v) is 5.79. The van der Waals surface area contributed by atoms with E-state index in [9.17, 15) is 13.2 Å². The second-order valence-electron chi connectivity index (χ2n) is 5.60. The highest BCUT2D eigenvalue weighted by molar-refractivity contribution is 7.91. The van der Waals surface area contributed by atoms with Crippen LogP contribution >= 0.6 is 0 Å². The predicted octanol–water partition coefficient (Wildman–Crippen LogP) is 2.24. The number of sulfone groups is 1. The van der Waals surface area contributed by atoms with E-state index >= 15 is 0 Å². The number of aliphatic carboxylic acids is 1. The van der Waals surface area contributed by atoms with Crippen molar-refractivity contribution in [2.24, 2.45) is 5.92 Å². The molecular formula is C15H20O4S. The molecule has 4 nitrogen and oxygen atoms in total. The fourth-order valence-corrected chi connectivity index (χ4v) is 4.85. The highest BCUT2D eigenvalue weighted by Crippen LogP contribution is 2.32. The number of aryl methyl sites for hydroxylation is 1. The Bertz CT molecular complexity index is 592. The molecule has 0 saturated carbocycles. The van der Waals surface area contributed by atoms with E-state index in [4.69, 9.17) is 5.11 Å². The first kappa shape index (κ1) is 15.0. The summed E-state index contributed by atoms with van der Waals surface area (Å²) in [5, 5.41) is 8.84. The topological polar surface area (TPSA) is 71.4 Å². The molecule has 20 heavy (non-hydrogen) atoms. The van der Waals surface area contributed by atoms with Gasteiger partial charge in [-0.2, -0.15) is 0 Å². The average molecular weight is 296 g/mol. The van der Waals surface area contributed by atoms with Gasteiger partial charge in [0.2, 0.25) is 0 Å². The Kier molecular flexibility index (Phi) is 4.48. The number of fused-ring (bicyclic) bond motifs is 1. The summed E-state index contributed by atoms with van der Waals surface area (Å²) in [6.45, 7) is 1.44. The lowest BCUT2D eigenvalue weighted by Gasteiger charge is -2.25. The molecule has 0 radical (unpaired) electrons. The number of hydrogen-bond donors (Lipinski definition) is 1. The van der Waals surface area contributed by atoms with Crippen LogP contribution < -0.4 is 0 Å².